The highest BCUT2D eigenvalue weighted by molar-refractivity contribution is 7.89. The number of hydrogen-bond donors (Lipinski definition) is 2. The summed E-state index contributed by atoms with van der Waals surface area (Å²) in [6.07, 6.45) is 0.872. The average Bonchev–Trinajstić information content (AvgIpc) is 2.56. The van der Waals surface area contributed by atoms with Crippen LogP contribution < -0.4 is 4.83 Å². The Morgan fingerprint density at radius 2 is 1.68 bits per heavy atom. The molecule has 0 saturated carbocycles. The van der Waals surface area contributed by atoms with Crippen LogP contribution in [-0.2, 0) is 10.0 Å². The molecule has 0 saturated heterocycles. The summed E-state index contributed by atoms with van der Waals surface area (Å²) in [7, 11) is -4.19. The van der Waals surface area contributed by atoms with Gasteiger partial charge < -0.3 is 5.11 Å². The lowest BCUT2D eigenvalue weighted by Gasteiger charge is -2.03. The smallest absolute Gasteiger partial charge is 0.276 e. The molecule has 25 heavy (non-hydrogen) atoms. The van der Waals surface area contributed by atoms with Gasteiger partial charge in [0.1, 0.15) is 5.75 Å². The molecule has 12 heteroatoms. The fourth-order valence-electron chi connectivity index (χ4n) is 1.74. The molecule has 0 fully saturated rings. The van der Waals surface area contributed by atoms with Crippen LogP contribution in [0.2, 0.25) is 0 Å². The highest BCUT2D eigenvalue weighted by Crippen LogP contribution is 2.21. The van der Waals surface area contributed by atoms with Crippen molar-refractivity contribution in [1.29, 1.82) is 0 Å². The van der Waals surface area contributed by atoms with Crippen LogP contribution in [-0.4, -0.2) is 29.6 Å². The first-order chi connectivity index (χ1) is 11.7. The molecule has 0 amide bonds. The van der Waals surface area contributed by atoms with Crippen LogP contribution in [0.3, 0.4) is 0 Å². The lowest BCUT2D eigenvalue weighted by atomic mass is 10.2. The summed E-state index contributed by atoms with van der Waals surface area (Å²) < 4.78 is 24.1. The molecular formula is C13H10N4O7S. The van der Waals surface area contributed by atoms with Crippen LogP contribution in [0.5, 0.6) is 5.75 Å². The maximum atomic E-state index is 12.0. The second kappa shape index (κ2) is 6.92. The largest absolute Gasteiger partial charge is 0.507 e. The minimum Gasteiger partial charge on any atom is -0.507 e. The second-order valence-electron chi connectivity index (χ2n) is 4.61. The summed E-state index contributed by atoms with van der Waals surface area (Å²) in [5.41, 5.74) is -0.820. The van der Waals surface area contributed by atoms with E-state index in [1.54, 1.807) is 4.83 Å². The van der Waals surface area contributed by atoms with Crippen molar-refractivity contribution in [3.63, 3.8) is 0 Å². The Morgan fingerprint density at radius 1 is 1.04 bits per heavy atom. The van der Waals surface area contributed by atoms with E-state index >= 15 is 0 Å². The average molecular weight is 366 g/mol. The highest BCUT2D eigenvalue weighted by atomic mass is 32.2. The van der Waals surface area contributed by atoms with Gasteiger partial charge in [-0.05, 0) is 12.1 Å². The summed E-state index contributed by atoms with van der Waals surface area (Å²) in [5.74, 6) is -0.344. The van der Waals surface area contributed by atoms with E-state index in [2.05, 4.69) is 5.10 Å². The second-order valence-corrected chi connectivity index (χ2v) is 6.27. The monoisotopic (exact) mass is 366 g/mol. The molecule has 0 aliphatic rings. The summed E-state index contributed by atoms with van der Waals surface area (Å²) in [4.78, 5) is 21.3. The van der Waals surface area contributed by atoms with E-state index in [1.165, 1.54) is 6.07 Å². The molecule has 0 heterocycles. The minimum atomic E-state index is -4.19. The SMILES string of the molecule is O=[N+]([O-])c1cccc(S(=O)(=O)N/N=C/c2cc([N+](=O)[O-])ccc2O)c1. The first kappa shape index (κ1) is 17.8. The fraction of sp³-hybridized carbons (Fsp3) is 0. The number of nitro groups is 2. The number of non-ortho nitro benzene ring substituents is 2. The van der Waals surface area contributed by atoms with Crippen molar-refractivity contribution in [2.45, 2.75) is 4.90 Å². The van der Waals surface area contributed by atoms with Gasteiger partial charge in [-0.1, -0.05) is 6.07 Å². The highest BCUT2D eigenvalue weighted by Gasteiger charge is 2.17. The number of aromatic hydroxyl groups is 1. The van der Waals surface area contributed by atoms with Crippen LogP contribution in [0.25, 0.3) is 0 Å². The number of phenolic OH excluding ortho intramolecular Hbond substituents is 1. The van der Waals surface area contributed by atoms with Crippen molar-refractivity contribution in [2.24, 2.45) is 5.10 Å². The van der Waals surface area contributed by atoms with Crippen LogP contribution in [0.15, 0.2) is 52.5 Å². The predicted molar refractivity (Wildman–Crippen MR) is 85.8 cm³/mol. The molecule has 2 rings (SSSR count). The molecule has 2 aromatic carbocycles. The Bertz CT molecular complexity index is 972. The third-order valence-electron chi connectivity index (χ3n) is 2.94. The Balaban J connectivity index is 2.24. The zero-order chi connectivity index (χ0) is 18.6. The van der Waals surface area contributed by atoms with E-state index in [1.807, 2.05) is 0 Å². The normalized spacial score (nSPS) is 11.4. The van der Waals surface area contributed by atoms with Gasteiger partial charge in [-0.3, -0.25) is 20.2 Å². The third-order valence-corrected chi connectivity index (χ3v) is 4.16. The summed E-state index contributed by atoms with van der Waals surface area (Å²) in [6.45, 7) is 0. The summed E-state index contributed by atoms with van der Waals surface area (Å²) >= 11 is 0. The quantitative estimate of drug-likeness (QED) is 0.444. The van der Waals surface area contributed by atoms with Crippen molar-refractivity contribution in [3.05, 3.63) is 68.3 Å². The van der Waals surface area contributed by atoms with E-state index in [0.29, 0.717) is 0 Å². The molecule has 11 nitrogen and oxygen atoms in total. The minimum absolute atomic E-state index is 0.0871. The van der Waals surface area contributed by atoms with Crippen molar-refractivity contribution in [1.82, 2.24) is 4.83 Å². The van der Waals surface area contributed by atoms with E-state index < -0.39 is 25.6 Å². The molecule has 0 aromatic heterocycles. The molecule has 2 aromatic rings. The Hall–Kier alpha value is -3.54. The van der Waals surface area contributed by atoms with Gasteiger partial charge in [-0.25, -0.2) is 4.83 Å². The Kier molecular flexibility index (Phi) is 4.93. The molecule has 0 spiro atoms. The van der Waals surface area contributed by atoms with Gasteiger partial charge in [0.05, 0.1) is 21.0 Å². The number of nitrogens with zero attached hydrogens (tertiary/aromatic N) is 3. The van der Waals surface area contributed by atoms with Crippen LogP contribution in [0.4, 0.5) is 11.4 Å². The number of sulfonamides is 1. The number of hydrogen-bond acceptors (Lipinski definition) is 8. The van der Waals surface area contributed by atoms with Gasteiger partial charge in [0.15, 0.2) is 0 Å². The van der Waals surface area contributed by atoms with Gasteiger partial charge >= 0.3 is 0 Å². The fourth-order valence-corrected chi connectivity index (χ4v) is 2.57. The van der Waals surface area contributed by atoms with Crippen LogP contribution >= 0.6 is 0 Å². The first-order valence-electron chi connectivity index (χ1n) is 6.47. The topological polar surface area (TPSA) is 165 Å². The molecule has 2 N–H and O–H groups in total. The van der Waals surface area contributed by atoms with E-state index in [9.17, 15) is 33.8 Å². The molecule has 0 atom stereocenters. The number of rotatable bonds is 6. The molecule has 0 radical (unpaired) electrons. The van der Waals surface area contributed by atoms with Crippen molar-refractivity contribution in [2.75, 3.05) is 0 Å². The van der Waals surface area contributed by atoms with Gasteiger partial charge in [0, 0.05) is 29.8 Å². The molecule has 0 bridgehead atoms. The molecule has 0 unspecified atom stereocenters. The van der Waals surface area contributed by atoms with Gasteiger partial charge in [-0.2, -0.15) is 13.5 Å². The van der Waals surface area contributed by atoms with Crippen molar-refractivity contribution < 1.29 is 23.4 Å². The van der Waals surface area contributed by atoms with E-state index in [4.69, 9.17) is 0 Å². The summed E-state index contributed by atoms with van der Waals surface area (Å²) in [5, 5.41) is 34.4. The Morgan fingerprint density at radius 3 is 2.32 bits per heavy atom. The van der Waals surface area contributed by atoms with Gasteiger partial charge in [-0.15, -0.1) is 0 Å². The number of hydrazone groups is 1. The number of nitro benzene ring substituents is 2. The lowest BCUT2D eigenvalue weighted by Crippen LogP contribution is -2.18. The molecule has 0 aliphatic heterocycles. The standard InChI is InChI=1S/C13H10N4O7S/c18-13-5-4-11(17(21)22)6-9(13)8-14-15-25(23,24)12-3-1-2-10(7-12)16(19)20/h1-8,15,18H/b14-8+. The van der Waals surface area contributed by atoms with Crippen LogP contribution in [0.1, 0.15) is 5.56 Å². The molecular weight excluding hydrogens is 356 g/mol. The van der Waals surface area contributed by atoms with Gasteiger partial charge in [0.25, 0.3) is 21.4 Å². The van der Waals surface area contributed by atoms with E-state index in [0.717, 1.165) is 42.6 Å². The lowest BCUT2D eigenvalue weighted by molar-refractivity contribution is -0.385. The summed E-state index contributed by atoms with van der Waals surface area (Å²) in [6, 6.07) is 7.44. The van der Waals surface area contributed by atoms with Gasteiger partial charge in [0.2, 0.25) is 0 Å². The Labute approximate surface area is 140 Å². The third kappa shape index (κ3) is 4.26. The maximum Gasteiger partial charge on any atom is 0.276 e. The zero-order valence-electron chi connectivity index (χ0n) is 12.3. The number of benzene rings is 2. The van der Waals surface area contributed by atoms with E-state index in [-0.39, 0.29) is 21.9 Å². The molecule has 130 valence electrons. The van der Waals surface area contributed by atoms with Crippen molar-refractivity contribution >= 4 is 27.6 Å². The predicted octanol–water partition coefficient (Wildman–Crippen LogP) is 1.52. The molecule has 0 aliphatic carbocycles. The number of nitrogens with one attached hydrogen (secondary N) is 1. The zero-order valence-corrected chi connectivity index (χ0v) is 13.1. The maximum absolute atomic E-state index is 12.0. The first-order valence-corrected chi connectivity index (χ1v) is 7.96. The van der Waals surface area contributed by atoms with Crippen molar-refractivity contribution in [3.8, 4) is 5.75 Å². The van der Waals surface area contributed by atoms with Crippen LogP contribution in [0, 0.1) is 20.2 Å². The number of phenols is 1.